The van der Waals surface area contributed by atoms with Crippen molar-refractivity contribution in [1.29, 1.82) is 0 Å². The fraction of sp³-hybridized carbons (Fsp3) is 0.395. The quantitative estimate of drug-likeness (QED) is 0.115. The number of likely N-dealkylation sites (tertiary alicyclic amines) is 1. The fourth-order valence-electron chi connectivity index (χ4n) is 7.43. The molecule has 1 aliphatic rings. The van der Waals surface area contributed by atoms with Gasteiger partial charge in [0.25, 0.3) is 0 Å². The Hall–Kier alpha value is -5.54. The number of nitrogens with zero attached hydrogens (tertiary/aromatic N) is 3. The van der Waals surface area contributed by atoms with Crippen LogP contribution in [0.3, 0.4) is 0 Å². The van der Waals surface area contributed by atoms with E-state index in [-0.39, 0.29) is 30.6 Å². The lowest BCUT2D eigenvalue weighted by molar-refractivity contribution is 0.0204. The van der Waals surface area contributed by atoms with Crippen LogP contribution in [-0.4, -0.2) is 75.4 Å². The molecule has 310 valence electrons. The number of halogens is 1. The lowest BCUT2D eigenvalue weighted by atomic mass is 9.84. The summed E-state index contributed by atoms with van der Waals surface area (Å²) >= 11 is 0. The van der Waals surface area contributed by atoms with Crippen molar-refractivity contribution in [2.45, 2.75) is 76.1 Å². The minimum atomic E-state index is -4.64. The first kappa shape index (κ1) is 42.1. The maximum absolute atomic E-state index is 16.7. The van der Waals surface area contributed by atoms with E-state index in [0.29, 0.717) is 60.1 Å². The van der Waals surface area contributed by atoms with E-state index < -0.39 is 43.7 Å². The van der Waals surface area contributed by atoms with Crippen molar-refractivity contribution in [2.24, 2.45) is 0 Å². The summed E-state index contributed by atoms with van der Waals surface area (Å²) in [5.74, 6) is -0.220. The number of hydrogen-bond donors (Lipinski definition) is 0. The summed E-state index contributed by atoms with van der Waals surface area (Å²) in [6, 6.07) is 19.6. The molecule has 1 aromatic heterocycles. The van der Waals surface area contributed by atoms with E-state index >= 15 is 4.39 Å². The molecule has 1 amide bonds. The number of fused-ring (bicyclic) bond motifs is 1. The van der Waals surface area contributed by atoms with E-state index in [1.807, 2.05) is 52.0 Å². The summed E-state index contributed by atoms with van der Waals surface area (Å²) in [5.41, 5.74) is 1.82. The summed E-state index contributed by atoms with van der Waals surface area (Å²) in [4.78, 5) is 27.4. The van der Waals surface area contributed by atoms with Gasteiger partial charge in [-0.25, -0.2) is 22.4 Å². The molecule has 13 nitrogen and oxygen atoms in total. The van der Waals surface area contributed by atoms with Crippen LogP contribution in [0.15, 0.2) is 86.9 Å². The molecule has 6 rings (SSSR count). The number of piperidine rings is 1. The molecule has 1 atom stereocenters. The molecule has 0 aliphatic carbocycles. The lowest BCUT2D eigenvalue weighted by Crippen LogP contribution is -2.41. The van der Waals surface area contributed by atoms with Gasteiger partial charge >= 0.3 is 11.8 Å². The Bertz CT molecular complexity index is 2390. The molecule has 1 aliphatic heterocycles. The number of benzene rings is 4. The third-order valence-corrected chi connectivity index (χ3v) is 12.2. The molecule has 4 aromatic carbocycles. The second-order valence-corrected chi connectivity index (χ2v) is 17.0. The minimum Gasteiger partial charge on any atom is -0.497 e. The van der Waals surface area contributed by atoms with Crippen molar-refractivity contribution in [2.75, 3.05) is 41.5 Å². The number of carbonyl (C=O) groups is 1. The fourth-order valence-corrected chi connectivity index (χ4v) is 8.88. The van der Waals surface area contributed by atoms with Crippen molar-refractivity contribution in [3.63, 3.8) is 0 Å². The summed E-state index contributed by atoms with van der Waals surface area (Å²) in [5, 5.41) is 0. The summed E-state index contributed by atoms with van der Waals surface area (Å²) < 4.78 is 81.4. The molecule has 1 fully saturated rings. The van der Waals surface area contributed by atoms with Crippen LogP contribution in [0, 0.1) is 5.82 Å². The SMILES string of the molecule is COc1ccc(CN(Cc2ccc(OC)cc2OC)S(=O)(=O)c2ccc3c(oc(=O)n3[C@H](C)c3ccccc3C3CCN(C(=O)OC(C)(C)C)CC3)c2F)c(OC)c1. The van der Waals surface area contributed by atoms with Crippen LogP contribution in [-0.2, 0) is 27.8 Å². The van der Waals surface area contributed by atoms with Gasteiger partial charge in [0.15, 0.2) is 11.4 Å². The van der Waals surface area contributed by atoms with E-state index in [1.54, 1.807) is 41.3 Å². The first-order valence-electron chi connectivity index (χ1n) is 18.9. The molecule has 0 N–H and O–H groups in total. The molecule has 5 aromatic rings. The molecule has 0 bridgehead atoms. The highest BCUT2D eigenvalue weighted by molar-refractivity contribution is 7.89. The standard InChI is InChI=1S/C43H50FN3O10S/c1-27(33-11-9-10-12-34(33)28-19-21-45(22-20-28)41(48)57-43(2,3)4)47-35-17-18-38(39(44)40(35)56-42(47)49)58(50,51)46(25-29-13-15-31(52-5)23-36(29)54-7)26-30-14-16-32(53-6)24-37(30)55-8/h9-18,23-24,27-28H,19-22,25-26H2,1-8H3/t27-/m1/s1. The zero-order chi connectivity index (χ0) is 41.9. The average Bonchev–Trinajstić information content (AvgIpc) is 3.56. The van der Waals surface area contributed by atoms with E-state index in [0.717, 1.165) is 21.5 Å². The number of aromatic nitrogens is 1. The number of sulfonamides is 1. The molecule has 2 heterocycles. The number of amides is 1. The largest absolute Gasteiger partial charge is 0.497 e. The second-order valence-electron chi connectivity index (χ2n) is 15.1. The van der Waals surface area contributed by atoms with Gasteiger partial charge in [-0.1, -0.05) is 36.4 Å². The van der Waals surface area contributed by atoms with Gasteiger partial charge in [-0.3, -0.25) is 4.57 Å². The van der Waals surface area contributed by atoms with Gasteiger partial charge in [-0.15, -0.1) is 0 Å². The molecular formula is C43H50FN3O10S. The molecule has 0 saturated carbocycles. The van der Waals surface area contributed by atoms with Crippen molar-refractivity contribution < 1.29 is 45.7 Å². The van der Waals surface area contributed by atoms with Gasteiger partial charge in [0.1, 0.15) is 33.5 Å². The molecule has 0 unspecified atom stereocenters. The third kappa shape index (κ3) is 8.65. The topological polar surface area (TPSA) is 139 Å². The number of ether oxygens (including phenoxy) is 5. The predicted molar refractivity (Wildman–Crippen MR) is 216 cm³/mol. The normalized spacial score (nSPS) is 14.4. The lowest BCUT2D eigenvalue weighted by Gasteiger charge is -2.34. The zero-order valence-corrected chi connectivity index (χ0v) is 34.9. The Labute approximate surface area is 337 Å². The monoisotopic (exact) mass is 819 g/mol. The number of methoxy groups -OCH3 is 4. The Morgan fingerprint density at radius 1 is 0.862 bits per heavy atom. The smallest absolute Gasteiger partial charge is 0.420 e. The second kappa shape index (κ2) is 17.1. The van der Waals surface area contributed by atoms with Crippen LogP contribution in [0.4, 0.5) is 9.18 Å². The van der Waals surface area contributed by atoms with Crippen LogP contribution >= 0.6 is 0 Å². The predicted octanol–water partition coefficient (Wildman–Crippen LogP) is 7.88. The van der Waals surface area contributed by atoms with Gasteiger partial charge in [0, 0.05) is 49.4 Å². The Morgan fingerprint density at radius 2 is 1.43 bits per heavy atom. The van der Waals surface area contributed by atoms with Gasteiger partial charge in [0.2, 0.25) is 10.0 Å². The highest BCUT2D eigenvalue weighted by atomic mass is 32.2. The third-order valence-electron chi connectivity index (χ3n) is 10.4. The molecule has 15 heteroatoms. The molecule has 1 saturated heterocycles. The zero-order valence-electron chi connectivity index (χ0n) is 34.0. The number of rotatable bonds is 13. The van der Waals surface area contributed by atoms with Gasteiger partial charge in [-0.2, -0.15) is 4.31 Å². The molecule has 58 heavy (non-hydrogen) atoms. The van der Waals surface area contributed by atoms with Crippen LogP contribution in [0.1, 0.15) is 74.8 Å². The van der Waals surface area contributed by atoms with E-state index in [1.165, 1.54) is 39.1 Å². The maximum Gasteiger partial charge on any atom is 0.420 e. The average molecular weight is 820 g/mol. The summed E-state index contributed by atoms with van der Waals surface area (Å²) in [6.07, 6.45) is 1.01. The molecular weight excluding hydrogens is 770 g/mol. The van der Waals surface area contributed by atoms with Crippen LogP contribution in [0.25, 0.3) is 11.1 Å². The Morgan fingerprint density at radius 3 is 1.97 bits per heavy atom. The van der Waals surface area contributed by atoms with E-state index in [2.05, 4.69) is 0 Å². The van der Waals surface area contributed by atoms with E-state index in [9.17, 15) is 18.0 Å². The van der Waals surface area contributed by atoms with Crippen molar-refractivity contribution in [3.05, 3.63) is 111 Å². The highest BCUT2D eigenvalue weighted by Gasteiger charge is 2.34. The number of hydrogen-bond acceptors (Lipinski definition) is 10. The Balaban J connectivity index is 1.35. The van der Waals surface area contributed by atoms with Crippen molar-refractivity contribution in [1.82, 2.24) is 13.8 Å². The van der Waals surface area contributed by atoms with Crippen LogP contribution in [0.5, 0.6) is 23.0 Å². The maximum atomic E-state index is 16.7. The Kier molecular flexibility index (Phi) is 12.4. The minimum absolute atomic E-state index is 0.0827. The highest BCUT2D eigenvalue weighted by Crippen LogP contribution is 2.37. The molecule has 0 spiro atoms. The van der Waals surface area contributed by atoms with Gasteiger partial charge in [0.05, 0.1) is 40.0 Å². The number of carbonyl (C=O) groups excluding carboxylic acids is 1. The van der Waals surface area contributed by atoms with Crippen molar-refractivity contribution in [3.8, 4) is 23.0 Å². The first-order chi connectivity index (χ1) is 27.6. The number of oxazole rings is 1. The van der Waals surface area contributed by atoms with Crippen LogP contribution in [0.2, 0.25) is 0 Å². The summed E-state index contributed by atoms with van der Waals surface area (Å²) in [7, 11) is 1.28. The summed E-state index contributed by atoms with van der Waals surface area (Å²) in [6.45, 7) is 7.88. The van der Waals surface area contributed by atoms with Crippen LogP contribution < -0.4 is 24.7 Å². The van der Waals surface area contributed by atoms with Crippen molar-refractivity contribution >= 4 is 27.2 Å². The van der Waals surface area contributed by atoms with E-state index in [4.69, 9.17) is 28.1 Å². The van der Waals surface area contributed by atoms with Gasteiger partial charge < -0.3 is 33.0 Å². The molecule has 0 radical (unpaired) electrons. The first-order valence-corrected chi connectivity index (χ1v) is 20.4. The van der Waals surface area contributed by atoms with Gasteiger partial charge in [-0.05, 0) is 81.8 Å².